The molecule has 1 N–H and O–H groups in total. The van der Waals surface area contributed by atoms with Crippen LogP contribution in [0.3, 0.4) is 0 Å². The second-order valence-corrected chi connectivity index (χ2v) is 6.03. The number of halogens is 2. The highest BCUT2D eigenvalue weighted by Gasteiger charge is 2.10. The fourth-order valence-electron chi connectivity index (χ4n) is 2.32. The molecule has 0 saturated heterocycles. The lowest BCUT2D eigenvalue weighted by Gasteiger charge is -2.09. The second kappa shape index (κ2) is 8.27. The predicted molar refractivity (Wildman–Crippen MR) is 98.5 cm³/mol. The minimum Gasteiger partial charge on any atom is -0.506 e. The zero-order valence-corrected chi connectivity index (χ0v) is 15.3. The quantitative estimate of drug-likeness (QED) is 0.748. The summed E-state index contributed by atoms with van der Waals surface area (Å²) in [4.78, 5) is 4.50. The number of phenolic OH excluding ortho intramolecular Hbond substituents is 1. The van der Waals surface area contributed by atoms with Crippen LogP contribution in [0.15, 0.2) is 35.3 Å². The first-order valence-corrected chi connectivity index (χ1v) is 8.12. The largest absolute Gasteiger partial charge is 0.506 e. The van der Waals surface area contributed by atoms with Crippen molar-refractivity contribution in [3.63, 3.8) is 0 Å². The topological polar surface area (TPSA) is 51.0 Å². The Bertz CT molecular complexity index is 760. The fourth-order valence-corrected chi connectivity index (χ4v) is 2.81. The van der Waals surface area contributed by atoms with Gasteiger partial charge in [-0.2, -0.15) is 0 Å². The summed E-state index contributed by atoms with van der Waals surface area (Å²) in [6.07, 6.45) is 0.729. The van der Waals surface area contributed by atoms with Gasteiger partial charge >= 0.3 is 0 Å². The van der Waals surface area contributed by atoms with Crippen molar-refractivity contribution in [1.82, 2.24) is 0 Å². The molecule has 0 radical (unpaired) electrons. The van der Waals surface area contributed by atoms with Gasteiger partial charge in [0.05, 0.1) is 19.2 Å². The molecular formula is C18H19Cl2NO3. The molecule has 0 fully saturated rings. The van der Waals surface area contributed by atoms with Crippen LogP contribution in [-0.2, 0) is 6.42 Å². The summed E-state index contributed by atoms with van der Waals surface area (Å²) in [6.45, 7) is 2.38. The number of aromatic hydroxyl groups is 1. The van der Waals surface area contributed by atoms with Crippen molar-refractivity contribution in [2.45, 2.75) is 13.3 Å². The number of methoxy groups -OCH3 is 2. The van der Waals surface area contributed by atoms with Gasteiger partial charge in [-0.05, 0) is 43.2 Å². The average Bonchev–Trinajstić information content (AvgIpc) is 2.57. The molecule has 24 heavy (non-hydrogen) atoms. The summed E-state index contributed by atoms with van der Waals surface area (Å²) < 4.78 is 10.5. The molecule has 128 valence electrons. The Morgan fingerprint density at radius 3 is 2.46 bits per heavy atom. The first-order chi connectivity index (χ1) is 11.5. The third-order valence-corrected chi connectivity index (χ3v) is 4.12. The number of hydrogen-bond acceptors (Lipinski definition) is 4. The molecule has 0 amide bonds. The number of nitrogens with zero attached hydrogens (tertiary/aromatic N) is 1. The minimum atomic E-state index is -0.00608. The van der Waals surface area contributed by atoms with Crippen molar-refractivity contribution >= 4 is 28.9 Å². The Kier molecular flexibility index (Phi) is 6.35. The van der Waals surface area contributed by atoms with E-state index < -0.39 is 0 Å². The molecule has 2 aromatic carbocycles. The molecule has 0 aromatic heterocycles. The third kappa shape index (κ3) is 4.34. The van der Waals surface area contributed by atoms with Gasteiger partial charge < -0.3 is 14.6 Å². The fraction of sp³-hybridized carbons (Fsp3) is 0.278. The number of rotatable bonds is 6. The number of hydrogen-bond donors (Lipinski definition) is 1. The SMILES string of the molecule is COc1ccc(CCN=C(C)c2cc(Cl)cc(Cl)c2O)cc1OC. The standard InChI is InChI=1S/C18H19Cl2NO3/c1-11(14-9-13(19)10-15(20)18(14)22)21-7-6-12-4-5-16(23-2)17(8-12)24-3/h4-5,8-10,22H,6-7H2,1-3H3. The minimum absolute atomic E-state index is 0.00608. The van der Waals surface area contributed by atoms with Gasteiger partial charge in [0.1, 0.15) is 5.75 Å². The Labute approximate surface area is 151 Å². The average molecular weight is 368 g/mol. The highest BCUT2D eigenvalue weighted by Crippen LogP contribution is 2.31. The zero-order chi connectivity index (χ0) is 17.7. The van der Waals surface area contributed by atoms with Crippen molar-refractivity contribution in [3.05, 3.63) is 51.5 Å². The molecule has 2 rings (SSSR count). The Hall–Kier alpha value is -1.91. The van der Waals surface area contributed by atoms with Crippen LogP contribution in [-0.4, -0.2) is 31.6 Å². The molecule has 0 saturated carbocycles. The van der Waals surface area contributed by atoms with Crippen molar-refractivity contribution in [2.24, 2.45) is 4.99 Å². The smallest absolute Gasteiger partial charge is 0.160 e. The van der Waals surface area contributed by atoms with E-state index in [9.17, 15) is 5.11 Å². The number of aliphatic imine (C=N–C) groups is 1. The van der Waals surface area contributed by atoms with E-state index in [4.69, 9.17) is 32.7 Å². The van der Waals surface area contributed by atoms with Crippen molar-refractivity contribution in [2.75, 3.05) is 20.8 Å². The molecule has 0 heterocycles. The van der Waals surface area contributed by atoms with E-state index in [-0.39, 0.29) is 10.8 Å². The molecule has 0 spiro atoms. The van der Waals surface area contributed by atoms with E-state index in [1.165, 1.54) is 6.07 Å². The summed E-state index contributed by atoms with van der Waals surface area (Å²) in [5.41, 5.74) is 2.30. The third-order valence-electron chi connectivity index (χ3n) is 3.62. The highest BCUT2D eigenvalue weighted by atomic mass is 35.5. The van der Waals surface area contributed by atoms with Gasteiger partial charge in [-0.15, -0.1) is 0 Å². The molecule has 0 aliphatic rings. The summed E-state index contributed by atoms with van der Waals surface area (Å²) in [7, 11) is 3.21. The van der Waals surface area contributed by atoms with Crippen LogP contribution in [0.1, 0.15) is 18.1 Å². The van der Waals surface area contributed by atoms with Crippen LogP contribution >= 0.6 is 23.2 Å². The van der Waals surface area contributed by atoms with Crippen molar-refractivity contribution in [3.8, 4) is 17.2 Å². The van der Waals surface area contributed by atoms with Gasteiger partial charge in [0.15, 0.2) is 11.5 Å². The van der Waals surface area contributed by atoms with E-state index in [2.05, 4.69) is 4.99 Å². The normalized spacial score (nSPS) is 11.5. The Morgan fingerprint density at radius 2 is 1.79 bits per heavy atom. The van der Waals surface area contributed by atoms with Gasteiger partial charge in [0.25, 0.3) is 0 Å². The maximum Gasteiger partial charge on any atom is 0.160 e. The summed E-state index contributed by atoms with van der Waals surface area (Å²) >= 11 is 11.9. The van der Waals surface area contributed by atoms with Crippen molar-refractivity contribution < 1.29 is 14.6 Å². The first kappa shape index (κ1) is 18.4. The maximum absolute atomic E-state index is 10.0. The Morgan fingerprint density at radius 1 is 1.08 bits per heavy atom. The van der Waals surface area contributed by atoms with Crippen LogP contribution in [0.25, 0.3) is 0 Å². The summed E-state index contributed by atoms with van der Waals surface area (Å²) in [6, 6.07) is 8.92. The number of ether oxygens (including phenoxy) is 2. The predicted octanol–water partition coefficient (Wildman–Crippen LogP) is 4.77. The van der Waals surface area contributed by atoms with E-state index in [0.29, 0.717) is 34.3 Å². The maximum atomic E-state index is 10.0. The molecule has 4 nitrogen and oxygen atoms in total. The van der Waals surface area contributed by atoms with Crippen LogP contribution in [0.4, 0.5) is 0 Å². The van der Waals surface area contributed by atoms with Gasteiger partial charge in [-0.1, -0.05) is 29.3 Å². The van der Waals surface area contributed by atoms with Gasteiger partial charge in [0.2, 0.25) is 0 Å². The summed E-state index contributed by atoms with van der Waals surface area (Å²) in [5, 5.41) is 10.7. The van der Waals surface area contributed by atoms with Crippen LogP contribution < -0.4 is 9.47 Å². The van der Waals surface area contributed by atoms with E-state index in [1.807, 2.05) is 25.1 Å². The monoisotopic (exact) mass is 367 g/mol. The van der Waals surface area contributed by atoms with E-state index >= 15 is 0 Å². The molecule has 0 aliphatic heterocycles. The highest BCUT2D eigenvalue weighted by molar-refractivity contribution is 6.36. The van der Waals surface area contributed by atoms with E-state index in [1.54, 1.807) is 20.3 Å². The van der Waals surface area contributed by atoms with Crippen LogP contribution in [0, 0.1) is 0 Å². The molecule has 0 aliphatic carbocycles. The molecular weight excluding hydrogens is 349 g/mol. The summed E-state index contributed by atoms with van der Waals surface area (Å²) in [5.74, 6) is 1.38. The molecule has 0 atom stereocenters. The van der Waals surface area contributed by atoms with Gasteiger partial charge in [-0.3, -0.25) is 4.99 Å². The lowest BCUT2D eigenvalue weighted by atomic mass is 10.1. The van der Waals surface area contributed by atoms with Crippen LogP contribution in [0.5, 0.6) is 17.2 Å². The lowest BCUT2D eigenvalue weighted by molar-refractivity contribution is 0.354. The van der Waals surface area contributed by atoms with Crippen molar-refractivity contribution in [1.29, 1.82) is 0 Å². The molecule has 0 unspecified atom stereocenters. The van der Waals surface area contributed by atoms with Gasteiger partial charge in [-0.25, -0.2) is 0 Å². The molecule has 6 heteroatoms. The van der Waals surface area contributed by atoms with E-state index in [0.717, 1.165) is 12.0 Å². The van der Waals surface area contributed by atoms with Crippen LogP contribution in [0.2, 0.25) is 10.0 Å². The number of phenols is 1. The molecule has 0 bridgehead atoms. The zero-order valence-electron chi connectivity index (χ0n) is 13.8. The first-order valence-electron chi connectivity index (χ1n) is 7.36. The Balaban J connectivity index is 2.11. The second-order valence-electron chi connectivity index (χ2n) is 5.19. The lowest BCUT2D eigenvalue weighted by Crippen LogP contribution is -2.00. The number of benzene rings is 2. The van der Waals surface area contributed by atoms with Gasteiger partial charge in [0, 0.05) is 22.8 Å². The molecule has 2 aromatic rings.